The van der Waals surface area contributed by atoms with Crippen molar-refractivity contribution in [2.24, 2.45) is 0 Å². The topological polar surface area (TPSA) is 91.3 Å². The third-order valence-electron chi connectivity index (χ3n) is 3.04. The molecule has 0 saturated carbocycles. The summed E-state index contributed by atoms with van der Waals surface area (Å²) in [5.41, 5.74) is 0.585. The molecular weight excluding hydrogens is 402 g/mol. The van der Waals surface area contributed by atoms with Gasteiger partial charge in [0.05, 0.1) is 9.40 Å². The lowest BCUT2D eigenvalue weighted by Gasteiger charge is -2.05. The van der Waals surface area contributed by atoms with Crippen LogP contribution in [0.2, 0.25) is 5.02 Å². The highest BCUT2D eigenvalue weighted by molar-refractivity contribution is 9.10. The summed E-state index contributed by atoms with van der Waals surface area (Å²) in [4.78, 5) is 10.2. The molecule has 0 bridgehead atoms. The molecule has 0 aliphatic carbocycles. The van der Waals surface area contributed by atoms with Gasteiger partial charge in [-0.2, -0.15) is 0 Å². The lowest BCUT2D eigenvalue weighted by Crippen LogP contribution is -1.96. The minimum absolute atomic E-state index is 0.00518. The van der Waals surface area contributed by atoms with Gasteiger partial charge in [0.25, 0.3) is 11.6 Å². The van der Waals surface area contributed by atoms with Crippen LogP contribution in [0.1, 0.15) is 5.89 Å². The monoisotopic (exact) mass is 409 g/mol. The molecule has 0 spiro atoms. The number of nitrogens with zero attached hydrogens (tertiary/aromatic N) is 3. The molecule has 3 aromatic rings. The Bertz CT molecular complexity index is 883. The molecule has 1 heterocycles. The van der Waals surface area contributed by atoms with Crippen LogP contribution in [0.3, 0.4) is 0 Å². The van der Waals surface area contributed by atoms with Crippen LogP contribution in [-0.4, -0.2) is 15.1 Å². The minimum Gasteiger partial charge on any atom is -0.483 e. The highest BCUT2D eigenvalue weighted by Gasteiger charge is 2.12. The summed E-state index contributed by atoms with van der Waals surface area (Å²) < 4.78 is 11.8. The first-order valence-electron chi connectivity index (χ1n) is 6.68. The number of rotatable bonds is 5. The quantitative estimate of drug-likeness (QED) is 0.449. The zero-order chi connectivity index (χ0) is 17.1. The van der Waals surface area contributed by atoms with Crippen LogP contribution in [0.5, 0.6) is 5.75 Å². The van der Waals surface area contributed by atoms with E-state index in [0.29, 0.717) is 20.8 Å². The zero-order valence-electron chi connectivity index (χ0n) is 12.0. The van der Waals surface area contributed by atoms with E-state index in [1.807, 2.05) is 0 Å². The van der Waals surface area contributed by atoms with Crippen LogP contribution < -0.4 is 4.74 Å². The molecule has 1 aromatic heterocycles. The van der Waals surface area contributed by atoms with Gasteiger partial charge in [-0.15, -0.1) is 10.2 Å². The van der Waals surface area contributed by atoms with Gasteiger partial charge in [-0.3, -0.25) is 10.1 Å². The molecule has 0 unspecified atom stereocenters. The van der Waals surface area contributed by atoms with Crippen LogP contribution in [0, 0.1) is 10.1 Å². The minimum atomic E-state index is -0.471. The summed E-state index contributed by atoms with van der Waals surface area (Å²) >= 11 is 9.22. The molecule has 7 nitrogen and oxygen atoms in total. The standard InChI is InChI=1S/C15H9BrClN3O4/c16-12-7-10(17)3-6-13(12)23-8-14-18-19-15(24-14)9-1-4-11(5-2-9)20(21)22/h1-7H,8H2. The van der Waals surface area contributed by atoms with Gasteiger partial charge >= 0.3 is 0 Å². The van der Waals surface area contributed by atoms with E-state index in [0.717, 1.165) is 0 Å². The van der Waals surface area contributed by atoms with Gasteiger partial charge in [0, 0.05) is 22.7 Å². The zero-order valence-corrected chi connectivity index (χ0v) is 14.3. The normalized spacial score (nSPS) is 10.6. The number of benzene rings is 2. The second-order valence-electron chi connectivity index (χ2n) is 4.67. The fourth-order valence-electron chi connectivity index (χ4n) is 1.89. The third-order valence-corrected chi connectivity index (χ3v) is 3.89. The summed E-state index contributed by atoms with van der Waals surface area (Å²) in [7, 11) is 0. The Morgan fingerprint density at radius 2 is 1.96 bits per heavy atom. The lowest BCUT2D eigenvalue weighted by atomic mass is 10.2. The highest BCUT2D eigenvalue weighted by Crippen LogP contribution is 2.29. The van der Waals surface area contributed by atoms with Gasteiger partial charge in [0.2, 0.25) is 5.89 Å². The largest absolute Gasteiger partial charge is 0.483 e. The molecular formula is C15H9BrClN3O4. The number of hydrogen-bond donors (Lipinski definition) is 0. The molecule has 0 fully saturated rings. The molecule has 0 aliphatic heterocycles. The van der Waals surface area contributed by atoms with Crippen molar-refractivity contribution in [3.63, 3.8) is 0 Å². The van der Waals surface area contributed by atoms with Crippen molar-refractivity contribution in [3.8, 4) is 17.2 Å². The second-order valence-corrected chi connectivity index (χ2v) is 5.96. The predicted molar refractivity (Wildman–Crippen MR) is 89.9 cm³/mol. The van der Waals surface area contributed by atoms with Gasteiger partial charge in [-0.25, -0.2) is 0 Å². The van der Waals surface area contributed by atoms with E-state index in [9.17, 15) is 10.1 Å². The Morgan fingerprint density at radius 1 is 1.21 bits per heavy atom. The van der Waals surface area contributed by atoms with E-state index in [1.165, 1.54) is 12.1 Å². The van der Waals surface area contributed by atoms with Crippen molar-refractivity contribution in [2.75, 3.05) is 0 Å². The van der Waals surface area contributed by atoms with Gasteiger partial charge in [-0.05, 0) is 46.3 Å². The van der Waals surface area contributed by atoms with E-state index in [2.05, 4.69) is 26.1 Å². The Morgan fingerprint density at radius 3 is 2.62 bits per heavy atom. The predicted octanol–water partition coefficient (Wildman–Crippen LogP) is 4.64. The Balaban J connectivity index is 1.70. The number of nitro groups is 1. The van der Waals surface area contributed by atoms with E-state index < -0.39 is 4.92 Å². The van der Waals surface area contributed by atoms with Crippen molar-refractivity contribution < 1.29 is 14.1 Å². The second kappa shape index (κ2) is 6.98. The molecule has 0 N–H and O–H groups in total. The van der Waals surface area contributed by atoms with Crippen molar-refractivity contribution in [3.05, 3.63) is 68.0 Å². The van der Waals surface area contributed by atoms with Crippen LogP contribution >= 0.6 is 27.5 Å². The van der Waals surface area contributed by atoms with Crippen LogP contribution in [0.15, 0.2) is 51.4 Å². The summed E-state index contributed by atoms with van der Waals surface area (Å²) in [5, 5.41) is 19.0. The third kappa shape index (κ3) is 3.72. The molecule has 0 amide bonds. The maximum Gasteiger partial charge on any atom is 0.269 e. The molecule has 0 saturated heterocycles. The van der Waals surface area contributed by atoms with Gasteiger partial charge in [0.15, 0.2) is 6.61 Å². The molecule has 2 aromatic carbocycles. The van der Waals surface area contributed by atoms with Gasteiger partial charge in [-0.1, -0.05) is 11.6 Å². The maximum absolute atomic E-state index is 10.6. The van der Waals surface area contributed by atoms with E-state index >= 15 is 0 Å². The molecule has 0 radical (unpaired) electrons. The average molecular weight is 411 g/mol. The molecule has 9 heteroatoms. The van der Waals surface area contributed by atoms with Crippen LogP contribution in [-0.2, 0) is 6.61 Å². The number of halogens is 2. The fourth-order valence-corrected chi connectivity index (χ4v) is 2.68. The van der Waals surface area contributed by atoms with Crippen LogP contribution in [0.25, 0.3) is 11.5 Å². The Hall–Kier alpha value is -2.45. The SMILES string of the molecule is O=[N+]([O-])c1ccc(-c2nnc(COc3ccc(Cl)cc3Br)o2)cc1. The fraction of sp³-hybridized carbons (Fsp3) is 0.0667. The smallest absolute Gasteiger partial charge is 0.269 e. The number of nitro benzene ring substituents is 1. The van der Waals surface area contributed by atoms with Crippen molar-refractivity contribution in [1.29, 1.82) is 0 Å². The first kappa shape index (κ1) is 16.4. The average Bonchev–Trinajstić information content (AvgIpc) is 3.03. The molecule has 122 valence electrons. The van der Waals surface area contributed by atoms with Crippen molar-refractivity contribution in [2.45, 2.75) is 6.61 Å². The van der Waals surface area contributed by atoms with Crippen molar-refractivity contribution >= 4 is 33.2 Å². The van der Waals surface area contributed by atoms with Gasteiger partial charge < -0.3 is 9.15 Å². The Kier molecular flexibility index (Phi) is 4.77. The summed E-state index contributed by atoms with van der Waals surface area (Å²) in [6, 6.07) is 11.0. The number of non-ortho nitro benzene ring substituents is 1. The number of aromatic nitrogens is 2. The number of ether oxygens (including phenoxy) is 1. The first-order valence-corrected chi connectivity index (χ1v) is 7.85. The molecule has 3 rings (SSSR count). The summed E-state index contributed by atoms with van der Waals surface area (Å²) in [5.74, 6) is 1.14. The first-order chi connectivity index (χ1) is 11.5. The lowest BCUT2D eigenvalue weighted by molar-refractivity contribution is -0.384. The molecule has 0 aliphatic rings. The van der Waals surface area contributed by atoms with E-state index in [1.54, 1.807) is 30.3 Å². The number of hydrogen-bond acceptors (Lipinski definition) is 6. The van der Waals surface area contributed by atoms with Crippen molar-refractivity contribution in [1.82, 2.24) is 10.2 Å². The highest BCUT2D eigenvalue weighted by atomic mass is 79.9. The summed E-state index contributed by atoms with van der Waals surface area (Å²) in [6.07, 6.45) is 0. The maximum atomic E-state index is 10.6. The molecule has 0 atom stereocenters. The molecule has 24 heavy (non-hydrogen) atoms. The van der Waals surface area contributed by atoms with Gasteiger partial charge in [0.1, 0.15) is 5.75 Å². The Labute approximate surface area is 149 Å². The van der Waals surface area contributed by atoms with Crippen LogP contribution in [0.4, 0.5) is 5.69 Å². The summed E-state index contributed by atoms with van der Waals surface area (Å²) in [6.45, 7) is 0.0835. The van der Waals surface area contributed by atoms with E-state index in [-0.39, 0.29) is 24.1 Å². The van der Waals surface area contributed by atoms with E-state index in [4.69, 9.17) is 20.8 Å².